The minimum atomic E-state index is -0.562. The number of halogens is 1. The van der Waals surface area contributed by atoms with E-state index in [0.717, 1.165) is 44.6 Å². The van der Waals surface area contributed by atoms with E-state index in [1.165, 1.54) is 6.07 Å². The number of hydrogen-bond donors (Lipinski definition) is 1. The largest absolute Gasteiger partial charge is 0.451 e. The van der Waals surface area contributed by atoms with E-state index >= 15 is 4.39 Å². The van der Waals surface area contributed by atoms with Gasteiger partial charge in [-0.2, -0.15) is 0 Å². The predicted molar refractivity (Wildman–Crippen MR) is 165 cm³/mol. The molecule has 4 heterocycles. The van der Waals surface area contributed by atoms with Crippen LogP contribution in [-0.2, 0) is 0 Å². The Morgan fingerprint density at radius 2 is 2.05 bits per heavy atom. The molecule has 1 N–H and O–H groups in total. The summed E-state index contributed by atoms with van der Waals surface area (Å²) in [5, 5.41) is 3.10. The second-order valence-corrected chi connectivity index (χ2v) is 11.3. The standard InChI is InChI=1S/C33H37FN6O3/c1-4-38(5-2)15-8-9-21(3)37-33(42)24-20-40-27-10-6-7-11-28(27)43-32-29(40)23(31(24)41)17-25(34)30(32)39-16-12-22(19-39)26-18-35-13-14-36-26/h6-7,10-11,13-14,17-18,20-22H,4-5,8-9,12,15-16,19H2,1-3H3,(H,37,42). The average Bonchev–Trinajstić information content (AvgIpc) is 3.50. The maximum absolute atomic E-state index is 16.1. The Kier molecular flexibility index (Phi) is 8.12. The van der Waals surface area contributed by atoms with Crippen molar-refractivity contribution >= 4 is 22.5 Å². The number of aromatic nitrogens is 3. The van der Waals surface area contributed by atoms with Gasteiger partial charge in [0.1, 0.15) is 16.8 Å². The van der Waals surface area contributed by atoms with Crippen LogP contribution in [0.15, 0.2) is 59.9 Å². The first-order chi connectivity index (χ1) is 20.9. The number of nitrogens with zero attached hydrogens (tertiary/aromatic N) is 5. The Labute approximate surface area is 250 Å². The molecule has 6 rings (SSSR count). The van der Waals surface area contributed by atoms with Gasteiger partial charge in [-0.1, -0.05) is 26.0 Å². The fourth-order valence-electron chi connectivity index (χ4n) is 6.27. The summed E-state index contributed by atoms with van der Waals surface area (Å²) in [6, 6.07) is 8.51. The van der Waals surface area contributed by atoms with Gasteiger partial charge in [0.25, 0.3) is 5.91 Å². The summed E-state index contributed by atoms with van der Waals surface area (Å²) in [4.78, 5) is 40.2. The molecule has 0 radical (unpaired) electrons. The Morgan fingerprint density at radius 3 is 2.81 bits per heavy atom. The Morgan fingerprint density at radius 1 is 1.23 bits per heavy atom. The van der Waals surface area contributed by atoms with Crippen LogP contribution in [0.5, 0.6) is 11.5 Å². The summed E-state index contributed by atoms with van der Waals surface area (Å²) in [6.07, 6.45) is 9.12. The van der Waals surface area contributed by atoms with Gasteiger partial charge in [-0.3, -0.25) is 19.6 Å². The molecule has 43 heavy (non-hydrogen) atoms. The van der Waals surface area contributed by atoms with E-state index in [4.69, 9.17) is 4.74 Å². The summed E-state index contributed by atoms with van der Waals surface area (Å²) in [7, 11) is 0. The Balaban J connectivity index is 1.36. The van der Waals surface area contributed by atoms with Crippen molar-refractivity contribution in [1.82, 2.24) is 24.8 Å². The zero-order chi connectivity index (χ0) is 30.1. The molecule has 224 valence electrons. The first kappa shape index (κ1) is 28.8. The molecule has 4 aromatic rings. The van der Waals surface area contributed by atoms with E-state index in [0.29, 0.717) is 35.7 Å². The highest BCUT2D eigenvalue weighted by atomic mass is 19.1. The van der Waals surface area contributed by atoms with Crippen LogP contribution in [0.4, 0.5) is 10.1 Å². The number of para-hydroxylation sites is 2. The summed E-state index contributed by atoms with van der Waals surface area (Å²) in [6.45, 7) is 10.3. The molecule has 2 atom stereocenters. The third kappa shape index (κ3) is 5.47. The number of rotatable bonds is 10. The van der Waals surface area contributed by atoms with E-state index in [9.17, 15) is 9.59 Å². The van der Waals surface area contributed by atoms with Gasteiger partial charge in [0, 0.05) is 49.8 Å². The van der Waals surface area contributed by atoms with Gasteiger partial charge in [-0.25, -0.2) is 4.39 Å². The maximum atomic E-state index is 16.1. The number of anilines is 1. The minimum absolute atomic E-state index is 0.0261. The van der Waals surface area contributed by atoms with Gasteiger partial charge in [-0.05, 0) is 64.0 Å². The molecule has 2 aliphatic rings. The molecular formula is C33H37FN6O3. The highest BCUT2D eigenvalue weighted by Gasteiger charge is 2.34. The van der Waals surface area contributed by atoms with Crippen molar-refractivity contribution in [2.45, 2.75) is 52.0 Å². The molecule has 10 heteroatoms. The first-order valence-corrected chi connectivity index (χ1v) is 15.1. The molecule has 0 bridgehead atoms. The number of carbonyl (C=O) groups is 1. The zero-order valence-electron chi connectivity index (χ0n) is 24.8. The molecule has 1 fully saturated rings. The van der Waals surface area contributed by atoms with Crippen LogP contribution in [0.1, 0.15) is 62.0 Å². The zero-order valence-corrected chi connectivity index (χ0v) is 24.8. The number of fused-ring (bicyclic) bond motifs is 2. The highest BCUT2D eigenvalue weighted by Crippen LogP contribution is 2.47. The van der Waals surface area contributed by atoms with Crippen molar-refractivity contribution < 1.29 is 13.9 Å². The molecule has 0 saturated carbocycles. The normalized spacial score (nSPS) is 16.3. The Hall–Kier alpha value is -4.31. The third-order valence-corrected chi connectivity index (χ3v) is 8.64. The lowest BCUT2D eigenvalue weighted by atomic mass is 10.0. The number of carbonyl (C=O) groups excluding carboxylic acids is 1. The van der Waals surface area contributed by atoms with Gasteiger partial charge in [0.2, 0.25) is 5.43 Å². The van der Waals surface area contributed by atoms with Gasteiger partial charge in [0.05, 0.1) is 16.8 Å². The number of ether oxygens (including phenoxy) is 1. The fraction of sp³-hybridized carbons (Fsp3) is 0.394. The highest BCUT2D eigenvalue weighted by molar-refractivity contribution is 6.01. The fourth-order valence-corrected chi connectivity index (χ4v) is 6.27. The van der Waals surface area contributed by atoms with Gasteiger partial charge in [0.15, 0.2) is 17.3 Å². The second-order valence-electron chi connectivity index (χ2n) is 11.3. The summed E-state index contributed by atoms with van der Waals surface area (Å²) >= 11 is 0. The molecule has 2 unspecified atom stereocenters. The van der Waals surface area contributed by atoms with Crippen LogP contribution in [0.2, 0.25) is 0 Å². The Bertz CT molecular complexity index is 1700. The van der Waals surface area contributed by atoms with E-state index in [1.807, 2.05) is 30.0 Å². The van der Waals surface area contributed by atoms with E-state index in [-0.39, 0.29) is 28.7 Å². The SMILES string of the molecule is CCN(CC)CCCC(C)NC(=O)c1cn2c3c(c(N4CCC(c5cnccn5)C4)c(F)cc3c1=O)Oc1ccccc1-2. The topological polar surface area (TPSA) is 92.6 Å². The lowest BCUT2D eigenvalue weighted by Gasteiger charge is -2.29. The summed E-state index contributed by atoms with van der Waals surface area (Å²) in [5.41, 5.74) is 1.75. The van der Waals surface area contributed by atoms with Gasteiger partial charge in [-0.15, -0.1) is 0 Å². The molecule has 2 aromatic heterocycles. The number of pyridine rings is 1. The molecule has 1 amide bonds. The van der Waals surface area contributed by atoms with Crippen LogP contribution in [0.3, 0.4) is 0 Å². The van der Waals surface area contributed by atoms with Crippen molar-refractivity contribution in [3.8, 4) is 17.2 Å². The quantitative estimate of drug-likeness (QED) is 0.239. The number of benzene rings is 2. The van der Waals surface area contributed by atoms with Crippen LogP contribution >= 0.6 is 0 Å². The summed E-state index contributed by atoms with van der Waals surface area (Å²) in [5.74, 6) is -0.135. The lowest BCUT2D eigenvalue weighted by Crippen LogP contribution is -2.36. The molecule has 9 nitrogen and oxygen atoms in total. The average molecular weight is 585 g/mol. The van der Waals surface area contributed by atoms with Crippen LogP contribution in [0, 0.1) is 5.82 Å². The summed E-state index contributed by atoms with van der Waals surface area (Å²) < 4.78 is 24.2. The lowest BCUT2D eigenvalue weighted by molar-refractivity contribution is 0.0935. The van der Waals surface area contributed by atoms with Crippen molar-refractivity contribution in [2.24, 2.45) is 0 Å². The second kappa shape index (κ2) is 12.1. The van der Waals surface area contributed by atoms with Crippen LogP contribution in [-0.4, -0.2) is 64.1 Å². The monoisotopic (exact) mass is 584 g/mol. The number of nitrogens with one attached hydrogen (secondary N) is 1. The smallest absolute Gasteiger partial charge is 0.256 e. The molecule has 2 aliphatic heterocycles. The number of amides is 1. The van der Waals surface area contributed by atoms with Crippen LogP contribution in [0.25, 0.3) is 16.6 Å². The van der Waals surface area contributed by atoms with Crippen molar-refractivity contribution in [3.05, 3.63) is 82.4 Å². The maximum Gasteiger partial charge on any atom is 0.256 e. The van der Waals surface area contributed by atoms with Gasteiger partial charge < -0.3 is 24.4 Å². The molecular weight excluding hydrogens is 547 g/mol. The minimum Gasteiger partial charge on any atom is -0.451 e. The van der Waals surface area contributed by atoms with Crippen molar-refractivity contribution in [2.75, 3.05) is 37.6 Å². The van der Waals surface area contributed by atoms with E-state index in [2.05, 4.69) is 34.0 Å². The number of hydrogen-bond acceptors (Lipinski definition) is 7. The van der Waals surface area contributed by atoms with Crippen molar-refractivity contribution in [3.63, 3.8) is 0 Å². The first-order valence-electron chi connectivity index (χ1n) is 15.1. The molecule has 0 spiro atoms. The van der Waals surface area contributed by atoms with Crippen LogP contribution < -0.4 is 20.4 Å². The molecule has 2 aromatic carbocycles. The molecule has 0 aliphatic carbocycles. The van der Waals surface area contributed by atoms with E-state index in [1.54, 1.807) is 35.4 Å². The third-order valence-electron chi connectivity index (χ3n) is 8.64. The van der Waals surface area contributed by atoms with Gasteiger partial charge >= 0.3 is 0 Å². The predicted octanol–water partition coefficient (Wildman–Crippen LogP) is 5.26. The molecule has 1 saturated heterocycles. The van der Waals surface area contributed by atoms with Crippen molar-refractivity contribution in [1.29, 1.82) is 0 Å². The van der Waals surface area contributed by atoms with E-state index < -0.39 is 17.2 Å².